The fourth-order valence-electron chi connectivity index (χ4n) is 1.31. The van der Waals surface area contributed by atoms with Crippen LogP contribution in [-0.4, -0.2) is 16.6 Å². The normalized spacial score (nSPS) is 10.8. The molecule has 0 saturated heterocycles. The summed E-state index contributed by atoms with van der Waals surface area (Å²) in [5.41, 5.74) is 1.13. The van der Waals surface area contributed by atoms with Crippen molar-refractivity contribution < 1.29 is 4.74 Å². The van der Waals surface area contributed by atoms with E-state index in [0.717, 1.165) is 5.56 Å². The molecule has 92 valence electrons. The Kier molecular flexibility index (Phi) is 4.73. The number of benzene rings is 1. The first-order chi connectivity index (χ1) is 8.75. The molecule has 18 heavy (non-hydrogen) atoms. The van der Waals surface area contributed by atoms with Gasteiger partial charge in [-0.1, -0.05) is 36.4 Å². The SMILES string of the molecule is Clc1ncc(Br)c(OCC=Cc2ccccc2)n1. The van der Waals surface area contributed by atoms with Crippen LogP contribution in [0.4, 0.5) is 0 Å². The van der Waals surface area contributed by atoms with E-state index in [1.54, 1.807) is 6.20 Å². The summed E-state index contributed by atoms with van der Waals surface area (Å²) in [6.45, 7) is 0.417. The second-order valence-electron chi connectivity index (χ2n) is 3.42. The monoisotopic (exact) mass is 324 g/mol. The third kappa shape index (κ3) is 3.82. The molecule has 1 aromatic heterocycles. The van der Waals surface area contributed by atoms with Crippen molar-refractivity contribution in [3.8, 4) is 5.88 Å². The fourth-order valence-corrected chi connectivity index (χ4v) is 1.74. The first kappa shape index (κ1) is 13.1. The fraction of sp³-hybridized carbons (Fsp3) is 0.0769. The highest BCUT2D eigenvalue weighted by molar-refractivity contribution is 9.10. The van der Waals surface area contributed by atoms with Crippen molar-refractivity contribution >= 4 is 33.6 Å². The van der Waals surface area contributed by atoms with Crippen molar-refractivity contribution in [2.45, 2.75) is 0 Å². The zero-order chi connectivity index (χ0) is 12.8. The van der Waals surface area contributed by atoms with Gasteiger partial charge in [0.2, 0.25) is 11.2 Å². The van der Waals surface area contributed by atoms with Crippen LogP contribution >= 0.6 is 27.5 Å². The molecule has 0 bridgehead atoms. The molecule has 0 saturated carbocycles. The molecule has 2 rings (SSSR count). The lowest BCUT2D eigenvalue weighted by Gasteiger charge is -2.03. The highest BCUT2D eigenvalue weighted by Gasteiger charge is 2.03. The van der Waals surface area contributed by atoms with Crippen LogP contribution < -0.4 is 4.74 Å². The van der Waals surface area contributed by atoms with Gasteiger partial charge in [-0.2, -0.15) is 4.98 Å². The van der Waals surface area contributed by atoms with Crippen LogP contribution in [0, 0.1) is 0 Å². The number of aromatic nitrogens is 2. The summed E-state index contributed by atoms with van der Waals surface area (Å²) >= 11 is 8.98. The summed E-state index contributed by atoms with van der Waals surface area (Å²) < 4.78 is 6.15. The van der Waals surface area contributed by atoms with E-state index in [9.17, 15) is 0 Å². The number of halogens is 2. The number of hydrogen-bond acceptors (Lipinski definition) is 3. The molecule has 0 radical (unpaired) electrons. The van der Waals surface area contributed by atoms with Crippen LogP contribution in [0.15, 0.2) is 47.1 Å². The standard InChI is InChI=1S/C13H10BrClN2O/c14-11-9-16-13(15)17-12(11)18-8-4-7-10-5-2-1-3-6-10/h1-7,9H,8H2. The molecule has 0 N–H and O–H groups in total. The van der Waals surface area contributed by atoms with Crippen LogP contribution in [0.3, 0.4) is 0 Å². The van der Waals surface area contributed by atoms with Crippen molar-refractivity contribution in [2.75, 3.05) is 6.61 Å². The van der Waals surface area contributed by atoms with Gasteiger partial charge in [0.25, 0.3) is 0 Å². The van der Waals surface area contributed by atoms with E-state index in [4.69, 9.17) is 16.3 Å². The minimum atomic E-state index is 0.167. The molecule has 0 amide bonds. The minimum Gasteiger partial charge on any atom is -0.473 e. The molecule has 1 aromatic carbocycles. The van der Waals surface area contributed by atoms with Gasteiger partial charge in [-0.3, -0.25) is 0 Å². The Morgan fingerprint density at radius 1 is 1.28 bits per heavy atom. The Morgan fingerprint density at radius 2 is 2.06 bits per heavy atom. The van der Waals surface area contributed by atoms with Crippen LogP contribution in [0.25, 0.3) is 6.08 Å². The molecule has 0 unspecified atom stereocenters. The van der Waals surface area contributed by atoms with Crippen molar-refractivity contribution in [3.05, 3.63) is 57.9 Å². The average molecular weight is 326 g/mol. The summed E-state index contributed by atoms with van der Waals surface area (Å²) in [4.78, 5) is 7.79. The predicted molar refractivity (Wildman–Crippen MR) is 75.7 cm³/mol. The Morgan fingerprint density at radius 3 is 2.83 bits per heavy atom. The van der Waals surface area contributed by atoms with Gasteiger partial charge in [0, 0.05) is 6.20 Å². The van der Waals surface area contributed by atoms with Crippen LogP contribution in [0.1, 0.15) is 5.56 Å². The molecule has 0 spiro atoms. The Balaban J connectivity index is 1.92. The molecule has 1 heterocycles. The smallest absolute Gasteiger partial charge is 0.232 e. The first-order valence-corrected chi connectivity index (χ1v) is 6.45. The number of nitrogens with zero attached hydrogens (tertiary/aromatic N) is 2. The molecule has 3 nitrogen and oxygen atoms in total. The zero-order valence-electron chi connectivity index (χ0n) is 9.38. The van der Waals surface area contributed by atoms with Gasteiger partial charge in [0.1, 0.15) is 6.61 Å². The van der Waals surface area contributed by atoms with Gasteiger partial charge in [-0.05, 0) is 39.2 Å². The molecular weight excluding hydrogens is 316 g/mol. The molecular formula is C13H10BrClN2O. The average Bonchev–Trinajstić information content (AvgIpc) is 2.40. The minimum absolute atomic E-state index is 0.167. The lowest BCUT2D eigenvalue weighted by molar-refractivity contribution is 0.346. The van der Waals surface area contributed by atoms with Gasteiger partial charge in [-0.15, -0.1) is 0 Å². The van der Waals surface area contributed by atoms with Crippen molar-refractivity contribution in [2.24, 2.45) is 0 Å². The maximum Gasteiger partial charge on any atom is 0.232 e. The number of hydrogen-bond donors (Lipinski definition) is 0. The van der Waals surface area contributed by atoms with Gasteiger partial charge in [0.15, 0.2) is 0 Å². The quantitative estimate of drug-likeness (QED) is 0.797. The molecule has 5 heteroatoms. The Bertz CT molecular complexity index is 546. The molecule has 2 aromatic rings. The lowest BCUT2D eigenvalue weighted by atomic mass is 10.2. The predicted octanol–water partition coefficient (Wildman–Crippen LogP) is 3.98. The van der Waals surface area contributed by atoms with Gasteiger partial charge < -0.3 is 4.74 Å². The molecule has 0 fully saturated rings. The summed E-state index contributed by atoms with van der Waals surface area (Å²) in [5.74, 6) is 0.438. The second-order valence-corrected chi connectivity index (χ2v) is 4.61. The first-order valence-electron chi connectivity index (χ1n) is 5.28. The summed E-state index contributed by atoms with van der Waals surface area (Å²) in [7, 11) is 0. The maximum atomic E-state index is 5.68. The molecule has 0 aliphatic rings. The number of rotatable bonds is 4. The van der Waals surface area contributed by atoms with E-state index in [1.807, 2.05) is 42.5 Å². The Labute approximate surface area is 119 Å². The van der Waals surface area contributed by atoms with Crippen molar-refractivity contribution in [3.63, 3.8) is 0 Å². The third-order valence-electron chi connectivity index (χ3n) is 2.11. The van der Waals surface area contributed by atoms with E-state index in [-0.39, 0.29) is 5.28 Å². The van der Waals surface area contributed by atoms with E-state index in [0.29, 0.717) is 17.0 Å². The second kappa shape index (κ2) is 6.52. The van der Waals surface area contributed by atoms with Gasteiger partial charge in [-0.25, -0.2) is 4.98 Å². The van der Waals surface area contributed by atoms with E-state index in [2.05, 4.69) is 25.9 Å². The molecule has 0 aliphatic carbocycles. The van der Waals surface area contributed by atoms with E-state index in [1.165, 1.54) is 0 Å². The van der Waals surface area contributed by atoms with Gasteiger partial charge >= 0.3 is 0 Å². The van der Waals surface area contributed by atoms with E-state index < -0.39 is 0 Å². The van der Waals surface area contributed by atoms with Gasteiger partial charge in [0.05, 0.1) is 4.47 Å². The number of ether oxygens (including phenoxy) is 1. The lowest BCUT2D eigenvalue weighted by Crippen LogP contribution is -1.97. The highest BCUT2D eigenvalue weighted by atomic mass is 79.9. The molecule has 0 atom stereocenters. The van der Waals surface area contributed by atoms with E-state index >= 15 is 0 Å². The third-order valence-corrected chi connectivity index (χ3v) is 2.83. The summed E-state index contributed by atoms with van der Waals surface area (Å²) in [5, 5.41) is 0.167. The Hall–Kier alpha value is -1.39. The maximum absolute atomic E-state index is 5.68. The van der Waals surface area contributed by atoms with Crippen LogP contribution in [-0.2, 0) is 0 Å². The zero-order valence-corrected chi connectivity index (χ0v) is 11.7. The highest BCUT2D eigenvalue weighted by Crippen LogP contribution is 2.22. The van der Waals surface area contributed by atoms with Crippen molar-refractivity contribution in [1.82, 2.24) is 9.97 Å². The van der Waals surface area contributed by atoms with Crippen molar-refractivity contribution in [1.29, 1.82) is 0 Å². The topological polar surface area (TPSA) is 35.0 Å². The summed E-state index contributed by atoms with van der Waals surface area (Å²) in [6, 6.07) is 10.00. The summed E-state index contributed by atoms with van der Waals surface area (Å²) in [6.07, 6.45) is 5.46. The van der Waals surface area contributed by atoms with Crippen LogP contribution in [0.5, 0.6) is 5.88 Å². The molecule has 0 aliphatic heterocycles. The largest absolute Gasteiger partial charge is 0.473 e. The van der Waals surface area contributed by atoms with Crippen LogP contribution in [0.2, 0.25) is 5.28 Å².